The van der Waals surface area contributed by atoms with Gasteiger partial charge in [0.05, 0.1) is 6.04 Å². The Kier molecular flexibility index (Phi) is 6.51. The lowest BCUT2D eigenvalue weighted by Crippen LogP contribution is -2.48. The zero-order chi connectivity index (χ0) is 17.4. The topological polar surface area (TPSA) is 81.4 Å². The molecular formula is C19H22N2O3. The summed E-state index contributed by atoms with van der Waals surface area (Å²) in [6.07, 6.45) is 0.415. The molecule has 3 N–H and O–H groups in total. The van der Waals surface area contributed by atoms with E-state index in [0.717, 1.165) is 11.1 Å². The van der Waals surface area contributed by atoms with E-state index in [2.05, 4.69) is 5.32 Å². The molecule has 0 aliphatic rings. The Balaban J connectivity index is 1.78. The number of nitrogens with one attached hydrogen (secondary N) is 1. The van der Waals surface area contributed by atoms with Gasteiger partial charge in [0.15, 0.2) is 0 Å². The van der Waals surface area contributed by atoms with Crippen molar-refractivity contribution in [2.45, 2.75) is 32.0 Å². The van der Waals surface area contributed by atoms with Gasteiger partial charge in [-0.1, -0.05) is 60.7 Å². The smallest absolute Gasteiger partial charge is 0.328 e. The Morgan fingerprint density at radius 2 is 1.54 bits per heavy atom. The van der Waals surface area contributed by atoms with Gasteiger partial charge in [-0.05, 0) is 24.5 Å². The molecule has 2 atom stereocenters. The highest BCUT2D eigenvalue weighted by Crippen LogP contribution is 2.04. The highest BCUT2D eigenvalue weighted by Gasteiger charge is 2.21. The molecule has 24 heavy (non-hydrogen) atoms. The highest BCUT2D eigenvalue weighted by molar-refractivity contribution is 5.87. The number of esters is 1. The normalized spacial score (nSPS) is 12.9. The van der Waals surface area contributed by atoms with E-state index >= 15 is 0 Å². The summed E-state index contributed by atoms with van der Waals surface area (Å²) in [7, 11) is 0. The van der Waals surface area contributed by atoms with Crippen molar-refractivity contribution in [2.75, 3.05) is 0 Å². The van der Waals surface area contributed by atoms with Crippen LogP contribution in [0.1, 0.15) is 18.1 Å². The summed E-state index contributed by atoms with van der Waals surface area (Å²) < 4.78 is 5.19. The molecule has 2 rings (SSSR count). The van der Waals surface area contributed by atoms with Crippen LogP contribution in [0, 0.1) is 0 Å². The molecule has 1 amide bonds. The highest BCUT2D eigenvalue weighted by atomic mass is 16.5. The molecule has 0 saturated carbocycles. The average molecular weight is 326 g/mol. The largest absolute Gasteiger partial charge is 0.459 e. The van der Waals surface area contributed by atoms with E-state index in [9.17, 15) is 9.59 Å². The summed E-state index contributed by atoms with van der Waals surface area (Å²) in [5.74, 6) is -0.859. The fraction of sp³-hybridized carbons (Fsp3) is 0.263. The summed E-state index contributed by atoms with van der Waals surface area (Å²) in [5, 5.41) is 2.60. The third-order valence-corrected chi connectivity index (χ3v) is 3.57. The molecule has 2 aromatic carbocycles. The molecule has 0 bridgehead atoms. The van der Waals surface area contributed by atoms with Gasteiger partial charge in [0.25, 0.3) is 0 Å². The average Bonchev–Trinajstić information content (AvgIpc) is 2.61. The molecule has 0 fully saturated rings. The summed E-state index contributed by atoms with van der Waals surface area (Å²) in [6.45, 7) is 1.76. The molecule has 0 aliphatic carbocycles. The summed E-state index contributed by atoms with van der Waals surface area (Å²) in [5.41, 5.74) is 7.76. The van der Waals surface area contributed by atoms with Crippen LogP contribution in [0.15, 0.2) is 60.7 Å². The molecule has 2 unspecified atom stereocenters. The van der Waals surface area contributed by atoms with E-state index in [1.54, 1.807) is 6.92 Å². The standard InChI is InChI=1S/C19H22N2O3/c1-14(19(23)24-13-16-10-6-3-7-11-16)21-18(22)17(20)12-15-8-4-2-5-9-15/h2-11,14,17H,12-13,20H2,1H3,(H,21,22). The van der Waals surface area contributed by atoms with Crippen LogP contribution in [-0.2, 0) is 27.4 Å². The number of amides is 1. The SMILES string of the molecule is CC(NC(=O)C(N)Cc1ccccc1)C(=O)OCc1ccccc1. The van der Waals surface area contributed by atoms with E-state index in [4.69, 9.17) is 10.5 Å². The van der Waals surface area contributed by atoms with Crippen molar-refractivity contribution in [3.05, 3.63) is 71.8 Å². The second-order valence-electron chi connectivity index (χ2n) is 5.62. The van der Waals surface area contributed by atoms with Crippen LogP contribution in [-0.4, -0.2) is 24.0 Å². The van der Waals surface area contributed by atoms with Crippen LogP contribution in [0.4, 0.5) is 0 Å². The molecule has 0 saturated heterocycles. The third-order valence-electron chi connectivity index (χ3n) is 3.57. The molecule has 0 radical (unpaired) electrons. The van der Waals surface area contributed by atoms with E-state index in [1.807, 2.05) is 60.7 Å². The van der Waals surface area contributed by atoms with Crippen LogP contribution in [0.5, 0.6) is 0 Å². The minimum atomic E-state index is -0.747. The van der Waals surface area contributed by atoms with Gasteiger partial charge in [-0.2, -0.15) is 0 Å². The number of hydrogen-bond acceptors (Lipinski definition) is 4. The van der Waals surface area contributed by atoms with E-state index in [0.29, 0.717) is 6.42 Å². The lowest BCUT2D eigenvalue weighted by molar-refractivity contribution is -0.148. The summed E-state index contributed by atoms with van der Waals surface area (Å²) in [4.78, 5) is 24.0. The van der Waals surface area contributed by atoms with E-state index in [1.165, 1.54) is 0 Å². The predicted octanol–water partition coefficient (Wildman–Crippen LogP) is 1.80. The number of carbonyl (C=O) groups is 2. The molecule has 0 spiro atoms. The fourth-order valence-electron chi connectivity index (χ4n) is 2.19. The molecule has 126 valence electrons. The van der Waals surface area contributed by atoms with Crippen LogP contribution in [0.3, 0.4) is 0 Å². The van der Waals surface area contributed by atoms with Crippen molar-refractivity contribution in [2.24, 2.45) is 5.73 Å². The minimum absolute atomic E-state index is 0.177. The number of hydrogen-bond donors (Lipinski definition) is 2. The van der Waals surface area contributed by atoms with Crippen molar-refractivity contribution in [1.29, 1.82) is 0 Å². The third kappa shape index (κ3) is 5.52. The monoisotopic (exact) mass is 326 g/mol. The van der Waals surface area contributed by atoms with Crippen LogP contribution >= 0.6 is 0 Å². The molecular weight excluding hydrogens is 304 g/mol. The summed E-state index contributed by atoms with van der Waals surface area (Å²) in [6, 6.07) is 17.4. The molecule has 5 heteroatoms. The zero-order valence-electron chi connectivity index (χ0n) is 13.6. The van der Waals surface area contributed by atoms with E-state index in [-0.39, 0.29) is 12.5 Å². The number of benzene rings is 2. The quantitative estimate of drug-likeness (QED) is 0.760. The molecule has 0 aliphatic heterocycles. The Labute approximate surface area is 141 Å². The maximum Gasteiger partial charge on any atom is 0.328 e. The van der Waals surface area contributed by atoms with Crippen LogP contribution in [0.2, 0.25) is 0 Å². The maximum absolute atomic E-state index is 12.1. The van der Waals surface area contributed by atoms with Gasteiger partial charge in [-0.25, -0.2) is 4.79 Å². The zero-order valence-corrected chi connectivity index (χ0v) is 13.6. The Morgan fingerprint density at radius 1 is 1.00 bits per heavy atom. The predicted molar refractivity (Wildman–Crippen MR) is 92.0 cm³/mol. The Morgan fingerprint density at radius 3 is 2.12 bits per heavy atom. The Hall–Kier alpha value is -2.66. The van der Waals surface area contributed by atoms with Gasteiger partial charge in [0, 0.05) is 0 Å². The van der Waals surface area contributed by atoms with E-state index < -0.39 is 18.1 Å². The number of carbonyl (C=O) groups excluding carboxylic acids is 2. The van der Waals surface area contributed by atoms with Gasteiger partial charge in [-0.3, -0.25) is 4.79 Å². The minimum Gasteiger partial charge on any atom is -0.459 e. The molecule has 0 aromatic heterocycles. The first-order valence-electron chi connectivity index (χ1n) is 7.86. The number of ether oxygens (including phenoxy) is 1. The molecule has 5 nitrogen and oxygen atoms in total. The van der Waals surface area contributed by atoms with Crippen molar-refractivity contribution in [3.8, 4) is 0 Å². The van der Waals surface area contributed by atoms with Crippen molar-refractivity contribution in [3.63, 3.8) is 0 Å². The molecule has 2 aromatic rings. The van der Waals surface area contributed by atoms with Gasteiger partial charge in [0.2, 0.25) is 5.91 Å². The lowest BCUT2D eigenvalue weighted by atomic mass is 10.1. The number of nitrogens with two attached hydrogens (primary N) is 1. The van der Waals surface area contributed by atoms with Gasteiger partial charge >= 0.3 is 5.97 Å². The van der Waals surface area contributed by atoms with Gasteiger partial charge < -0.3 is 15.8 Å². The fourth-order valence-corrected chi connectivity index (χ4v) is 2.19. The Bertz CT molecular complexity index is 659. The lowest BCUT2D eigenvalue weighted by Gasteiger charge is -2.17. The first-order chi connectivity index (χ1) is 11.6. The van der Waals surface area contributed by atoms with Crippen LogP contribution in [0.25, 0.3) is 0 Å². The molecule has 0 heterocycles. The number of rotatable bonds is 7. The second-order valence-corrected chi connectivity index (χ2v) is 5.62. The second kappa shape index (κ2) is 8.84. The maximum atomic E-state index is 12.1. The van der Waals surface area contributed by atoms with Crippen LogP contribution < -0.4 is 11.1 Å². The van der Waals surface area contributed by atoms with Gasteiger partial charge in [-0.15, -0.1) is 0 Å². The first kappa shape index (κ1) is 17.7. The van der Waals surface area contributed by atoms with Gasteiger partial charge in [0.1, 0.15) is 12.6 Å². The van der Waals surface area contributed by atoms with Crippen molar-refractivity contribution >= 4 is 11.9 Å². The van der Waals surface area contributed by atoms with Crippen molar-refractivity contribution in [1.82, 2.24) is 5.32 Å². The first-order valence-corrected chi connectivity index (χ1v) is 7.86. The summed E-state index contributed by atoms with van der Waals surface area (Å²) >= 11 is 0. The van der Waals surface area contributed by atoms with Crippen molar-refractivity contribution < 1.29 is 14.3 Å².